The summed E-state index contributed by atoms with van der Waals surface area (Å²) in [4.78, 5) is 0. The summed E-state index contributed by atoms with van der Waals surface area (Å²) in [5.74, 6) is 2.01. The van der Waals surface area contributed by atoms with Crippen molar-refractivity contribution in [1.29, 1.82) is 0 Å². The third-order valence-electron chi connectivity index (χ3n) is 3.57. The Morgan fingerprint density at radius 1 is 1.09 bits per heavy atom. The van der Waals surface area contributed by atoms with Gasteiger partial charge in [0.05, 0.1) is 0 Å². The molecule has 1 aliphatic rings. The molecular formula is C17H13NO4. The summed E-state index contributed by atoms with van der Waals surface area (Å²) in [7, 11) is 0. The Hall–Kier alpha value is -2.95. The van der Waals surface area contributed by atoms with E-state index in [0.717, 1.165) is 22.6 Å². The van der Waals surface area contributed by atoms with E-state index >= 15 is 0 Å². The van der Waals surface area contributed by atoms with Crippen molar-refractivity contribution < 1.29 is 19.1 Å². The maximum Gasteiger partial charge on any atom is 0.252 e. The molecule has 1 aliphatic heterocycles. The Kier molecular flexibility index (Phi) is 2.96. The molecule has 3 aromatic rings. The van der Waals surface area contributed by atoms with Crippen molar-refractivity contribution in [3.8, 4) is 28.7 Å². The van der Waals surface area contributed by atoms with Crippen molar-refractivity contribution in [2.24, 2.45) is 0 Å². The van der Waals surface area contributed by atoms with Crippen molar-refractivity contribution in [1.82, 2.24) is 5.16 Å². The monoisotopic (exact) mass is 295 g/mol. The lowest BCUT2D eigenvalue weighted by Gasteiger charge is -2.12. The molecular weight excluding hydrogens is 282 g/mol. The van der Waals surface area contributed by atoms with Crippen LogP contribution in [-0.2, 0) is 0 Å². The second kappa shape index (κ2) is 5.11. The second-order valence-corrected chi connectivity index (χ2v) is 5.03. The van der Waals surface area contributed by atoms with Gasteiger partial charge in [0.2, 0.25) is 0 Å². The summed E-state index contributed by atoms with van der Waals surface area (Å²) < 4.78 is 16.6. The maximum absolute atomic E-state index is 9.21. The lowest BCUT2D eigenvalue weighted by atomic mass is 10.1. The van der Waals surface area contributed by atoms with E-state index < -0.39 is 0 Å². The van der Waals surface area contributed by atoms with Crippen LogP contribution in [0.5, 0.6) is 17.4 Å². The summed E-state index contributed by atoms with van der Waals surface area (Å²) >= 11 is 0. The average molecular weight is 295 g/mol. The highest BCUT2D eigenvalue weighted by Gasteiger charge is 2.25. The summed E-state index contributed by atoms with van der Waals surface area (Å²) in [5.41, 5.74) is 1.88. The second-order valence-electron chi connectivity index (χ2n) is 5.03. The van der Waals surface area contributed by atoms with Gasteiger partial charge in [0, 0.05) is 17.2 Å². The Balaban J connectivity index is 1.53. The predicted octanol–water partition coefficient (Wildman–Crippen LogP) is 3.56. The third kappa shape index (κ3) is 2.26. The first kappa shape index (κ1) is 12.8. The van der Waals surface area contributed by atoms with Crippen LogP contribution >= 0.6 is 0 Å². The Morgan fingerprint density at radius 2 is 1.91 bits per heavy atom. The summed E-state index contributed by atoms with van der Waals surface area (Å²) in [5, 5.41) is 12.7. The molecule has 0 saturated heterocycles. The number of ether oxygens (including phenoxy) is 2. The van der Waals surface area contributed by atoms with E-state index in [1.165, 1.54) is 6.07 Å². The molecule has 1 N–H and O–H groups in total. The molecule has 0 radical (unpaired) electrons. The van der Waals surface area contributed by atoms with Crippen LogP contribution < -0.4 is 9.47 Å². The zero-order valence-corrected chi connectivity index (χ0v) is 11.6. The molecule has 1 aromatic heterocycles. The van der Waals surface area contributed by atoms with Crippen molar-refractivity contribution in [3.05, 3.63) is 60.2 Å². The highest BCUT2D eigenvalue weighted by atomic mass is 16.5. The number of nitrogens with zero attached hydrogens (tertiary/aromatic N) is 1. The fourth-order valence-corrected chi connectivity index (χ4v) is 2.49. The lowest BCUT2D eigenvalue weighted by Crippen LogP contribution is -2.08. The molecule has 0 bridgehead atoms. The number of hydrogen-bond donors (Lipinski definition) is 1. The number of aromatic hydroxyl groups is 1. The number of rotatable bonds is 3. The van der Waals surface area contributed by atoms with E-state index in [0.29, 0.717) is 12.4 Å². The van der Waals surface area contributed by atoms with Crippen LogP contribution in [0.3, 0.4) is 0 Å². The zero-order chi connectivity index (χ0) is 14.9. The molecule has 2 aromatic carbocycles. The van der Waals surface area contributed by atoms with Gasteiger partial charge < -0.3 is 19.1 Å². The first-order valence-corrected chi connectivity index (χ1v) is 6.94. The predicted molar refractivity (Wildman–Crippen MR) is 78.9 cm³/mol. The minimum atomic E-state index is -0.130. The molecule has 0 amide bonds. The van der Waals surface area contributed by atoms with E-state index in [-0.39, 0.29) is 12.0 Å². The SMILES string of the molecule is Oc1cc(-c2ccc(OC3COc4ccccc43)cc2)on1. The van der Waals surface area contributed by atoms with Gasteiger partial charge in [0.25, 0.3) is 5.88 Å². The van der Waals surface area contributed by atoms with E-state index in [1.807, 2.05) is 48.5 Å². The number of fused-ring (bicyclic) bond motifs is 1. The molecule has 4 rings (SSSR count). The quantitative estimate of drug-likeness (QED) is 0.800. The van der Waals surface area contributed by atoms with E-state index in [9.17, 15) is 5.11 Å². The van der Waals surface area contributed by atoms with Gasteiger partial charge in [0.1, 0.15) is 18.1 Å². The normalized spacial score (nSPS) is 16.1. The van der Waals surface area contributed by atoms with Gasteiger partial charge in [-0.2, -0.15) is 0 Å². The molecule has 1 unspecified atom stereocenters. The van der Waals surface area contributed by atoms with Crippen molar-refractivity contribution in [2.75, 3.05) is 6.61 Å². The maximum atomic E-state index is 9.21. The summed E-state index contributed by atoms with van der Waals surface area (Å²) in [6.45, 7) is 0.511. The molecule has 2 heterocycles. The fraction of sp³-hybridized carbons (Fsp3) is 0.118. The molecule has 5 nitrogen and oxygen atoms in total. The molecule has 5 heteroatoms. The fourth-order valence-electron chi connectivity index (χ4n) is 2.49. The molecule has 0 fully saturated rings. The Labute approximate surface area is 126 Å². The molecule has 0 saturated carbocycles. The van der Waals surface area contributed by atoms with Crippen LogP contribution in [0, 0.1) is 0 Å². The number of benzene rings is 2. The van der Waals surface area contributed by atoms with E-state index in [1.54, 1.807) is 0 Å². The smallest absolute Gasteiger partial charge is 0.252 e. The van der Waals surface area contributed by atoms with E-state index in [2.05, 4.69) is 5.16 Å². The first-order chi connectivity index (χ1) is 10.8. The van der Waals surface area contributed by atoms with Crippen LogP contribution in [-0.4, -0.2) is 16.9 Å². The molecule has 0 aliphatic carbocycles. The van der Waals surface area contributed by atoms with Crippen LogP contribution in [0.2, 0.25) is 0 Å². The highest BCUT2D eigenvalue weighted by molar-refractivity contribution is 5.59. The molecule has 22 heavy (non-hydrogen) atoms. The van der Waals surface area contributed by atoms with Crippen LogP contribution in [0.1, 0.15) is 11.7 Å². The number of aromatic nitrogens is 1. The van der Waals surface area contributed by atoms with Gasteiger partial charge in [-0.1, -0.05) is 18.2 Å². The average Bonchev–Trinajstić information content (AvgIpc) is 3.15. The topological polar surface area (TPSA) is 64.7 Å². The van der Waals surface area contributed by atoms with Gasteiger partial charge >= 0.3 is 0 Å². The minimum absolute atomic E-state index is 0.101. The van der Waals surface area contributed by atoms with Gasteiger partial charge in [0.15, 0.2) is 11.9 Å². The van der Waals surface area contributed by atoms with Crippen LogP contribution in [0.25, 0.3) is 11.3 Å². The standard InChI is InChI=1S/C17H13NO4/c19-17-9-15(22-18-17)11-5-7-12(8-6-11)21-16-10-20-14-4-2-1-3-13(14)16/h1-9,16H,10H2,(H,18,19). The zero-order valence-electron chi connectivity index (χ0n) is 11.6. The third-order valence-corrected chi connectivity index (χ3v) is 3.57. The number of para-hydroxylation sites is 1. The van der Waals surface area contributed by atoms with Crippen molar-refractivity contribution in [2.45, 2.75) is 6.10 Å². The van der Waals surface area contributed by atoms with Gasteiger partial charge in [-0.3, -0.25) is 0 Å². The van der Waals surface area contributed by atoms with Crippen LogP contribution in [0.4, 0.5) is 0 Å². The van der Waals surface area contributed by atoms with Crippen molar-refractivity contribution in [3.63, 3.8) is 0 Å². The summed E-state index contributed by atoms with van der Waals surface area (Å²) in [6, 6.07) is 16.8. The number of hydrogen-bond acceptors (Lipinski definition) is 5. The first-order valence-electron chi connectivity index (χ1n) is 6.94. The van der Waals surface area contributed by atoms with Crippen molar-refractivity contribution >= 4 is 0 Å². The Bertz CT molecular complexity index is 794. The Morgan fingerprint density at radius 3 is 2.68 bits per heavy atom. The molecule has 110 valence electrons. The van der Waals surface area contributed by atoms with E-state index in [4.69, 9.17) is 14.0 Å². The lowest BCUT2D eigenvalue weighted by molar-refractivity contribution is 0.163. The molecule has 1 atom stereocenters. The highest BCUT2D eigenvalue weighted by Crippen LogP contribution is 2.35. The van der Waals surface area contributed by atoms with Crippen LogP contribution in [0.15, 0.2) is 59.1 Å². The largest absolute Gasteiger partial charge is 0.491 e. The van der Waals surface area contributed by atoms with Gasteiger partial charge in [-0.15, -0.1) is 0 Å². The molecule has 0 spiro atoms. The summed E-state index contributed by atoms with van der Waals surface area (Å²) in [6.07, 6.45) is -0.101. The van der Waals surface area contributed by atoms with Gasteiger partial charge in [-0.05, 0) is 35.5 Å². The minimum Gasteiger partial charge on any atom is -0.491 e. The van der Waals surface area contributed by atoms with Gasteiger partial charge in [-0.25, -0.2) is 0 Å².